The van der Waals surface area contributed by atoms with Gasteiger partial charge in [0.2, 0.25) is 0 Å². The lowest BCUT2D eigenvalue weighted by molar-refractivity contribution is 0.359. The predicted octanol–water partition coefficient (Wildman–Crippen LogP) is 5.07. The molecule has 0 amide bonds. The van der Waals surface area contributed by atoms with E-state index in [9.17, 15) is 0 Å². The van der Waals surface area contributed by atoms with Crippen LogP contribution in [0.3, 0.4) is 0 Å². The molecule has 0 fully saturated rings. The zero-order valence-electron chi connectivity index (χ0n) is 12.8. The van der Waals surface area contributed by atoms with Gasteiger partial charge in [0, 0.05) is 6.04 Å². The monoisotopic (exact) mass is 251 g/mol. The molecule has 1 heteroatoms. The molecule has 0 aliphatic heterocycles. The molecule has 0 saturated carbocycles. The fraction of sp³-hybridized carbons (Fsp3) is 0.882. The molecule has 0 saturated heterocycles. The van der Waals surface area contributed by atoms with Gasteiger partial charge in [-0.3, -0.25) is 0 Å². The first-order chi connectivity index (χ1) is 8.80. The molecule has 1 rings (SSSR count). The summed E-state index contributed by atoms with van der Waals surface area (Å²) in [6.07, 6.45) is 14.6. The number of allylic oxidation sites excluding steroid dienone is 1. The van der Waals surface area contributed by atoms with Gasteiger partial charge in [-0.05, 0) is 57.4 Å². The van der Waals surface area contributed by atoms with Crippen LogP contribution in [0.4, 0.5) is 0 Å². The van der Waals surface area contributed by atoms with E-state index in [2.05, 4.69) is 32.2 Å². The van der Waals surface area contributed by atoms with E-state index in [1.54, 1.807) is 5.57 Å². The Kier molecular flexibility index (Phi) is 8.41. The summed E-state index contributed by atoms with van der Waals surface area (Å²) < 4.78 is 0. The van der Waals surface area contributed by atoms with E-state index < -0.39 is 0 Å². The van der Waals surface area contributed by atoms with Gasteiger partial charge in [-0.15, -0.1) is 0 Å². The summed E-state index contributed by atoms with van der Waals surface area (Å²) in [4.78, 5) is 0. The third-order valence-corrected chi connectivity index (χ3v) is 4.35. The van der Waals surface area contributed by atoms with Crippen LogP contribution >= 0.6 is 0 Å². The van der Waals surface area contributed by atoms with Crippen LogP contribution < -0.4 is 5.32 Å². The van der Waals surface area contributed by atoms with Gasteiger partial charge in [0.15, 0.2) is 0 Å². The maximum atomic E-state index is 3.77. The number of rotatable bonds is 9. The summed E-state index contributed by atoms with van der Waals surface area (Å²) >= 11 is 0. The maximum absolute atomic E-state index is 3.77. The van der Waals surface area contributed by atoms with Crippen molar-refractivity contribution in [3.8, 4) is 0 Å². The van der Waals surface area contributed by atoms with Crippen LogP contribution in [0.25, 0.3) is 0 Å². The van der Waals surface area contributed by atoms with Crippen molar-refractivity contribution in [1.29, 1.82) is 0 Å². The minimum absolute atomic E-state index is 0.721. The Labute approximate surface area is 114 Å². The van der Waals surface area contributed by atoms with E-state index in [1.165, 1.54) is 64.3 Å². The third kappa shape index (κ3) is 6.04. The number of hydrogen-bond acceptors (Lipinski definition) is 1. The van der Waals surface area contributed by atoms with E-state index in [-0.39, 0.29) is 0 Å². The Balaban J connectivity index is 2.45. The van der Waals surface area contributed by atoms with Crippen LogP contribution in [0.15, 0.2) is 11.6 Å². The number of hydrogen-bond donors (Lipinski definition) is 1. The van der Waals surface area contributed by atoms with Crippen LogP contribution in [0.1, 0.15) is 78.6 Å². The first-order valence-electron chi connectivity index (χ1n) is 8.21. The predicted molar refractivity (Wildman–Crippen MR) is 81.9 cm³/mol. The van der Waals surface area contributed by atoms with E-state index in [1.807, 2.05) is 0 Å². The molecular weight excluding hydrogens is 218 g/mol. The summed E-state index contributed by atoms with van der Waals surface area (Å²) in [5, 5.41) is 3.77. The SMILES string of the molecule is CCCNC(CC1=CCCCC1)CC(CC)CC. The van der Waals surface area contributed by atoms with E-state index in [0.29, 0.717) is 0 Å². The van der Waals surface area contributed by atoms with Gasteiger partial charge in [0.05, 0.1) is 0 Å². The molecule has 106 valence electrons. The summed E-state index contributed by atoms with van der Waals surface area (Å²) in [6.45, 7) is 8.12. The molecule has 18 heavy (non-hydrogen) atoms. The van der Waals surface area contributed by atoms with E-state index in [0.717, 1.165) is 12.0 Å². The first kappa shape index (κ1) is 15.8. The Bertz CT molecular complexity index is 228. The zero-order valence-corrected chi connectivity index (χ0v) is 12.8. The highest BCUT2D eigenvalue weighted by Gasteiger charge is 2.16. The smallest absolute Gasteiger partial charge is 0.0107 e. The topological polar surface area (TPSA) is 12.0 Å². The summed E-state index contributed by atoms with van der Waals surface area (Å²) in [5.74, 6) is 0.906. The van der Waals surface area contributed by atoms with Crippen LogP contribution in [-0.4, -0.2) is 12.6 Å². The van der Waals surface area contributed by atoms with Gasteiger partial charge in [-0.2, -0.15) is 0 Å². The standard InChI is InChI=1S/C17H33N/c1-4-12-18-17(13-15(5-2)6-3)14-16-10-8-7-9-11-16/h10,15,17-18H,4-9,11-14H2,1-3H3. The molecule has 1 nitrogen and oxygen atoms in total. The van der Waals surface area contributed by atoms with Crippen molar-refractivity contribution in [3.63, 3.8) is 0 Å². The second-order valence-corrected chi connectivity index (χ2v) is 5.88. The minimum Gasteiger partial charge on any atom is -0.314 e. The molecule has 0 bridgehead atoms. The molecule has 1 N–H and O–H groups in total. The quantitative estimate of drug-likeness (QED) is 0.564. The largest absolute Gasteiger partial charge is 0.314 e. The van der Waals surface area contributed by atoms with Crippen LogP contribution in [0.5, 0.6) is 0 Å². The van der Waals surface area contributed by atoms with E-state index in [4.69, 9.17) is 0 Å². The molecular formula is C17H33N. The Morgan fingerprint density at radius 2 is 1.94 bits per heavy atom. The molecule has 1 aliphatic rings. The Morgan fingerprint density at radius 3 is 2.50 bits per heavy atom. The molecule has 0 aromatic carbocycles. The van der Waals surface area contributed by atoms with Gasteiger partial charge in [-0.25, -0.2) is 0 Å². The van der Waals surface area contributed by atoms with Crippen molar-refractivity contribution in [3.05, 3.63) is 11.6 Å². The lowest BCUT2D eigenvalue weighted by Crippen LogP contribution is -2.32. The second-order valence-electron chi connectivity index (χ2n) is 5.88. The minimum atomic E-state index is 0.721. The highest BCUT2D eigenvalue weighted by Crippen LogP contribution is 2.25. The summed E-state index contributed by atoms with van der Waals surface area (Å²) in [5.41, 5.74) is 1.72. The third-order valence-electron chi connectivity index (χ3n) is 4.35. The summed E-state index contributed by atoms with van der Waals surface area (Å²) in [7, 11) is 0. The Hall–Kier alpha value is -0.300. The van der Waals surface area contributed by atoms with Gasteiger partial charge in [-0.1, -0.05) is 45.3 Å². The van der Waals surface area contributed by atoms with Crippen molar-refractivity contribution >= 4 is 0 Å². The molecule has 1 unspecified atom stereocenters. The van der Waals surface area contributed by atoms with Crippen LogP contribution in [0.2, 0.25) is 0 Å². The lowest BCUT2D eigenvalue weighted by atomic mass is 9.88. The first-order valence-corrected chi connectivity index (χ1v) is 8.21. The van der Waals surface area contributed by atoms with Crippen molar-refractivity contribution in [2.45, 2.75) is 84.6 Å². The second kappa shape index (κ2) is 9.61. The highest BCUT2D eigenvalue weighted by atomic mass is 14.9. The Morgan fingerprint density at radius 1 is 1.17 bits per heavy atom. The zero-order chi connectivity index (χ0) is 13.2. The molecule has 0 spiro atoms. The average molecular weight is 251 g/mol. The van der Waals surface area contributed by atoms with Crippen LogP contribution in [0, 0.1) is 5.92 Å². The molecule has 0 radical (unpaired) electrons. The van der Waals surface area contributed by atoms with Gasteiger partial charge in [0.25, 0.3) is 0 Å². The lowest BCUT2D eigenvalue weighted by Gasteiger charge is -2.25. The van der Waals surface area contributed by atoms with Crippen LogP contribution in [-0.2, 0) is 0 Å². The molecule has 1 atom stereocenters. The van der Waals surface area contributed by atoms with Gasteiger partial charge in [0.1, 0.15) is 0 Å². The summed E-state index contributed by atoms with van der Waals surface area (Å²) in [6, 6.07) is 0.721. The highest BCUT2D eigenvalue weighted by molar-refractivity contribution is 5.07. The van der Waals surface area contributed by atoms with Gasteiger partial charge >= 0.3 is 0 Å². The fourth-order valence-corrected chi connectivity index (χ4v) is 3.02. The van der Waals surface area contributed by atoms with Crippen molar-refractivity contribution < 1.29 is 0 Å². The normalized spacial score (nSPS) is 17.9. The average Bonchev–Trinajstić information content (AvgIpc) is 2.42. The molecule has 0 aromatic heterocycles. The molecule has 0 heterocycles. The fourth-order valence-electron chi connectivity index (χ4n) is 3.02. The van der Waals surface area contributed by atoms with Crippen molar-refractivity contribution in [2.75, 3.05) is 6.54 Å². The van der Waals surface area contributed by atoms with Gasteiger partial charge < -0.3 is 5.32 Å². The van der Waals surface area contributed by atoms with Crippen molar-refractivity contribution in [2.24, 2.45) is 5.92 Å². The number of nitrogens with one attached hydrogen (secondary N) is 1. The van der Waals surface area contributed by atoms with Crippen molar-refractivity contribution in [1.82, 2.24) is 5.32 Å². The molecule has 1 aliphatic carbocycles. The molecule has 0 aromatic rings. The van der Waals surface area contributed by atoms with E-state index >= 15 is 0 Å². The maximum Gasteiger partial charge on any atom is 0.0107 e.